The molecule has 138 valence electrons. The smallest absolute Gasteiger partial charge is 0.251 e. The van der Waals surface area contributed by atoms with Crippen LogP contribution in [-0.2, 0) is 15.9 Å². The molecule has 1 amide bonds. The van der Waals surface area contributed by atoms with Gasteiger partial charge in [-0.3, -0.25) is 4.79 Å². The molecular weight excluding hydrogens is 318 g/mol. The maximum absolute atomic E-state index is 12.7. The molecule has 2 fully saturated rings. The van der Waals surface area contributed by atoms with Gasteiger partial charge in [-0.1, -0.05) is 12.1 Å². The summed E-state index contributed by atoms with van der Waals surface area (Å²) in [4.78, 5) is 12.7. The standard InChI is InChI=1S/C20H29NO4/c1-20(2,23)9-7-13-5-4-6-14(11-13)19(22)21-17-15-8-10-25-18(15)16(17)12-24-3/h4-6,11,15-18,23H,7-10,12H2,1-3H3,(H,21,22)/t15-,16+,17+,18-/m0/s1. The van der Waals surface area contributed by atoms with Crippen LogP contribution in [0.5, 0.6) is 0 Å². The second-order valence-electron chi connectivity index (χ2n) is 7.92. The van der Waals surface area contributed by atoms with Gasteiger partial charge < -0.3 is 19.9 Å². The van der Waals surface area contributed by atoms with Crippen molar-refractivity contribution < 1.29 is 19.4 Å². The molecule has 5 heteroatoms. The lowest BCUT2D eigenvalue weighted by Gasteiger charge is -2.47. The summed E-state index contributed by atoms with van der Waals surface area (Å²) in [5.41, 5.74) is 1.04. The van der Waals surface area contributed by atoms with Gasteiger partial charge in [-0.2, -0.15) is 0 Å². The maximum Gasteiger partial charge on any atom is 0.251 e. The molecule has 25 heavy (non-hydrogen) atoms. The molecule has 0 unspecified atom stereocenters. The van der Waals surface area contributed by atoms with E-state index in [-0.39, 0.29) is 24.0 Å². The first-order chi connectivity index (χ1) is 11.9. The summed E-state index contributed by atoms with van der Waals surface area (Å²) < 4.78 is 11.1. The first-order valence-electron chi connectivity index (χ1n) is 9.12. The molecule has 1 heterocycles. The highest BCUT2D eigenvalue weighted by Crippen LogP contribution is 2.43. The fourth-order valence-electron chi connectivity index (χ4n) is 3.99. The van der Waals surface area contributed by atoms with Crippen LogP contribution < -0.4 is 5.32 Å². The third-order valence-corrected chi connectivity index (χ3v) is 5.40. The third kappa shape index (κ3) is 4.22. The number of rotatable bonds is 7. The Balaban J connectivity index is 1.63. The van der Waals surface area contributed by atoms with Gasteiger partial charge in [0, 0.05) is 37.2 Å². The summed E-state index contributed by atoms with van der Waals surface area (Å²) in [5, 5.41) is 13.1. The summed E-state index contributed by atoms with van der Waals surface area (Å²) in [6, 6.07) is 7.80. The Morgan fingerprint density at radius 3 is 2.96 bits per heavy atom. The molecule has 0 bridgehead atoms. The van der Waals surface area contributed by atoms with Gasteiger partial charge in [0.15, 0.2) is 0 Å². The number of methoxy groups -OCH3 is 1. The molecule has 2 N–H and O–H groups in total. The van der Waals surface area contributed by atoms with Gasteiger partial charge in [-0.15, -0.1) is 0 Å². The Bertz CT molecular complexity index is 610. The summed E-state index contributed by atoms with van der Waals surface area (Å²) in [7, 11) is 1.69. The van der Waals surface area contributed by atoms with E-state index in [2.05, 4.69) is 5.32 Å². The van der Waals surface area contributed by atoms with E-state index in [0.29, 0.717) is 24.5 Å². The molecule has 1 saturated heterocycles. The predicted molar refractivity (Wildman–Crippen MR) is 95.5 cm³/mol. The minimum atomic E-state index is -0.699. The van der Waals surface area contributed by atoms with Crippen LogP contribution in [0.3, 0.4) is 0 Å². The summed E-state index contributed by atoms with van der Waals surface area (Å²) in [6.07, 6.45) is 2.64. The number of hydrogen-bond acceptors (Lipinski definition) is 4. The van der Waals surface area contributed by atoms with Crippen molar-refractivity contribution in [1.82, 2.24) is 5.32 Å². The van der Waals surface area contributed by atoms with Gasteiger partial charge in [0.2, 0.25) is 0 Å². The molecule has 0 spiro atoms. The number of hydrogen-bond donors (Lipinski definition) is 2. The first-order valence-corrected chi connectivity index (χ1v) is 9.12. The highest BCUT2D eigenvalue weighted by molar-refractivity contribution is 5.94. The topological polar surface area (TPSA) is 67.8 Å². The number of carbonyl (C=O) groups excluding carboxylic acids is 1. The van der Waals surface area contributed by atoms with Crippen molar-refractivity contribution >= 4 is 5.91 Å². The van der Waals surface area contributed by atoms with E-state index < -0.39 is 5.60 Å². The van der Waals surface area contributed by atoms with Crippen LogP contribution in [0.4, 0.5) is 0 Å². The van der Waals surface area contributed by atoms with Crippen LogP contribution in [0.15, 0.2) is 24.3 Å². The second-order valence-corrected chi connectivity index (χ2v) is 7.92. The predicted octanol–water partition coefficient (Wildman–Crippen LogP) is 2.17. The molecule has 1 saturated carbocycles. The number of aryl methyl sites for hydroxylation is 1. The molecule has 4 atom stereocenters. The van der Waals surface area contributed by atoms with Crippen LogP contribution in [0.2, 0.25) is 0 Å². The summed E-state index contributed by atoms with van der Waals surface area (Å²) in [6.45, 7) is 4.98. The number of amides is 1. The van der Waals surface area contributed by atoms with E-state index in [1.807, 2.05) is 24.3 Å². The quantitative estimate of drug-likeness (QED) is 0.793. The van der Waals surface area contributed by atoms with Crippen LogP contribution in [0, 0.1) is 11.8 Å². The SMILES string of the molecule is COC[C@@H]1[C@H](NC(=O)c2cccc(CCC(C)(C)O)c2)[C@@H]2CCO[C@H]12. The maximum atomic E-state index is 12.7. The van der Waals surface area contributed by atoms with E-state index in [9.17, 15) is 9.90 Å². The number of benzene rings is 1. The molecular formula is C20H29NO4. The van der Waals surface area contributed by atoms with Gasteiger partial charge in [0.05, 0.1) is 18.3 Å². The van der Waals surface area contributed by atoms with Crippen LogP contribution in [-0.4, -0.2) is 49.1 Å². The van der Waals surface area contributed by atoms with Gasteiger partial charge >= 0.3 is 0 Å². The summed E-state index contributed by atoms with van der Waals surface area (Å²) in [5.74, 6) is 0.601. The van der Waals surface area contributed by atoms with Crippen LogP contribution >= 0.6 is 0 Å². The highest BCUT2D eigenvalue weighted by Gasteiger charge is 2.54. The monoisotopic (exact) mass is 347 g/mol. The van der Waals surface area contributed by atoms with Crippen molar-refractivity contribution in [1.29, 1.82) is 0 Å². The Morgan fingerprint density at radius 1 is 1.44 bits per heavy atom. The van der Waals surface area contributed by atoms with Crippen molar-refractivity contribution in [3.05, 3.63) is 35.4 Å². The van der Waals surface area contributed by atoms with Crippen LogP contribution in [0.25, 0.3) is 0 Å². The molecule has 5 nitrogen and oxygen atoms in total. The Labute approximate surface area is 149 Å². The lowest BCUT2D eigenvalue weighted by atomic mass is 9.67. The molecule has 1 aromatic carbocycles. The zero-order valence-corrected chi connectivity index (χ0v) is 15.3. The average molecular weight is 347 g/mol. The van der Waals surface area contributed by atoms with Crippen molar-refractivity contribution in [2.24, 2.45) is 11.8 Å². The number of nitrogens with one attached hydrogen (secondary N) is 1. The first kappa shape index (κ1) is 18.4. The third-order valence-electron chi connectivity index (χ3n) is 5.40. The average Bonchev–Trinajstić information content (AvgIpc) is 2.99. The van der Waals surface area contributed by atoms with Crippen molar-refractivity contribution in [2.45, 2.75) is 50.9 Å². The minimum absolute atomic E-state index is 0.0402. The van der Waals surface area contributed by atoms with E-state index in [1.54, 1.807) is 21.0 Å². The Kier molecular flexibility index (Phi) is 5.46. The zero-order chi connectivity index (χ0) is 18.0. The van der Waals surface area contributed by atoms with Gasteiger partial charge in [-0.25, -0.2) is 0 Å². The number of ether oxygens (including phenoxy) is 2. The summed E-state index contributed by atoms with van der Waals surface area (Å²) >= 11 is 0. The number of fused-ring (bicyclic) bond motifs is 1. The molecule has 2 aliphatic rings. The Hall–Kier alpha value is -1.43. The molecule has 1 aromatic rings. The molecule has 0 radical (unpaired) electrons. The lowest BCUT2D eigenvalue weighted by Crippen LogP contribution is -2.62. The minimum Gasteiger partial charge on any atom is -0.390 e. The second kappa shape index (κ2) is 7.44. The number of carbonyl (C=O) groups is 1. The zero-order valence-electron chi connectivity index (χ0n) is 15.3. The molecule has 0 aromatic heterocycles. The fraction of sp³-hybridized carbons (Fsp3) is 0.650. The Morgan fingerprint density at radius 2 is 2.24 bits per heavy atom. The fourth-order valence-corrected chi connectivity index (χ4v) is 3.99. The van der Waals surface area contributed by atoms with E-state index in [4.69, 9.17) is 9.47 Å². The number of aliphatic hydroxyl groups is 1. The van der Waals surface area contributed by atoms with Gasteiger partial charge in [-0.05, 0) is 50.8 Å². The largest absolute Gasteiger partial charge is 0.390 e. The lowest BCUT2D eigenvalue weighted by molar-refractivity contribution is -0.0809. The molecule has 1 aliphatic heterocycles. The van der Waals surface area contributed by atoms with Crippen molar-refractivity contribution in [2.75, 3.05) is 20.3 Å². The van der Waals surface area contributed by atoms with Crippen molar-refractivity contribution in [3.8, 4) is 0 Å². The van der Waals surface area contributed by atoms with E-state index in [1.165, 1.54) is 0 Å². The molecule has 3 rings (SSSR count). The van der Waals surface area contributed by atoms with Gasteiger partial charge in [0.1, 0.15) is 0 Å². The normalized spacial score (nSPS) is 28.3. The highest BCUT2D eigenvalue weighted by atomic mass is 16.5. The van der Waals surface area contributed by atoms with Crippen molar-refractivity contribution in [3.63, 3.8) is 0 Å². The molecule has 1 aliphatic carbocycles. The van der Waals surface area contributed by atoms with E-state index in [0.717, 1.165) is 25.0 Å². The van der Waals surface area contributed by atoms with Crippen LogP contribution in [0.1, 0.15) is 42.6 Å². The van der Waals surface area contributed by atoms with E-state index >= 15 is 0 Å². The van der Waals surface area contributed by atoms with Gasteiger partial charge in [0.25, 0.3) is 5.91 Å².